The third-order valence-electron chi connectivity index (χ3n) is 3.16. The molecule has 1 saturated heterocycles. The molecule has 1 amide bonds. The summed E-state index contributed by atoms with van der Waals surface area (Å²) in [7, 11) is 0. The Kier molecular flexibility index (Phi) is 6.16. The molecule has 2 rings (SSSR count). The van der Waals surface area contributed by atoms with E-state index in [-0.39, 0.29) is 5.91 Å². The van der Waals surface area contributed by atoms with E-state index in [1.807, 2.05) is 17.8 Å². The summed E-state index contributed by atoms with van der Waals surface area (Å²) in [6, 6.07) is 1.82. The van der Waals surface area contributed by atoms with Crippen molar-refractivity contribution >= 4 is 39.4 Å². The zero-order valence-electron chi connectivity index (χ0n) is 11.6. The highest BCUT2D eigenvalue weighted by Crippen LogP contribution is 2.25. The predicted molar refractivity (Wildman–Crippen MR) is 88.5 cm³/mol. The van der Waals surface area contributed by atoms with Crippen LogP contribution in [0, 0.1) is 0 Å². The first-order valence-corrected chi connectivity index (χ1v) is 8.84. The van der Waals surface area contributed by atoms with Crippen molar-refractivity contribution < 1.29 is 4.79 Å². The van der Waals surface area contributed by atoms with Crippen molar-refractivity contribution in [2.45, 2.75) is 31.4 Å². The van der Waals surface area contributed by atoms with Gasteiger partial charge in [-0.2, -0.15) is 11.8 Å². The molecule has 0 saturated carbocycles. The first kappa shape index (κ1) is 15.6. The Morgan fingerprint density at radius 3 is 3.15 bits per heavy atom. The van der Waals surface area contributed by atoms with Gasteiger partial charge >= 0.3 is 0 Å². The minimum atomic E-state index is -0.0510. The maximum absolute atomic E-state index is 12.3. The number of anilines is 1. The van der Waals surface area contributed by atoms with Crippen LogP contribution < -0.4 is 10.6 Å². The minimum absolute atomic E-state index is 0.0510. The Bertz CT molecular complexity index is 464. The Labute approximate surface area is 132 Å². The lowest BCUT2D eigenvalue weighted by Crippen LogP contribution is -2.30. The van der Waals surface area contributed by atoms with E-state index >= 15 is 0 Å². The van der Waals surface area contributed by atoms with Crippen molar-refractivity contribution in [3.63, 3.8) is 0 Å². The fourth-order valence-electron chi connectivity index (χ4n) is 2.10. The number of pyridine rings is 1. The van der Waals surface area contributed by atoms with E-state index in [1.165, 1.54) is 18.6 Å². The van der Waals surface area contributed by atoms with Crippen LogP contribution in [0.1, 0.15) is 36.5 Å². The van der Waals surface area contributed by atoms with Crippen LogP contribution in [0.5, 0.6) is 0 Å². The van der Waals surface area contributed by atoms with Crippen LogP contribution in [0.4, 0.5) is 5.82 Å². The third kappa shape index (κ3) is 4.38. The minimum Gasteiger partial charge on any atom is -0.369 e. The van der Waals surface area contributed by atoms with E-state index in [1.54, 1.807) is 6.20 Å². The van der Waals surface area contributed by atoms with E-state index in [2.05, 4.69) is 38.5 Å². The molecule has 1 atom stereocenters. The SMILES string of the molecule is CCCNc1ncc(Br)cc1C(=O)NCC1CCCS1. The second-order valence-electron chi connectivity index (χ2n) is 4.82. The maximum atomic E-state index is 12.3. The van der Waals surface area contributed by atoms with Gasteiger partial charge in [-0.1, -0.05) is 6.92 Å². The molecule has 110 valence electrons. The maximum Gasteiger partial charge on any atom is 0.255 e. The molecule has 0 bridgehead atoms. The highest BCUT2D eigenvalue weighted by atomic mass is 79.9. The number of rotatable bonds is 6. The average molecular weight is 358 g/mol. The molecule has 1 aromatic rings. The van der Waals surface area contributed by atoms with Gasteiger partial charge in [-0.25, -0.2) is 4.98 Å². The van der Waals surface area contributed by atoms with Crippen molar-refractivity contribution in [2.24, 2.45) is 0 Å². The van der Waals surface area contributed by atoms with Gasteiger partial charge in [-0.05, 0) is 47.0 Å². The second-order valence-corrected chi connectivity index (χ2v) is 7.15. The molecule has 6 heteroatoms. The Hall–Kier alpha value is -0.750. The number of hydrogen-bond donors (Lipinski definition) is 2. The summed E-state index contributed by atoms with van der Waals surface area (Å²) in [4.78, 5) is 16.6. The molecule has 0 aromatic carbocycles. The number of amides is 1. The lowest BCUT2D eigenvalue weighted by atomic mass is 10.2. The summed E-state index contributed by atoms with van der Waals surface area (Å²) in [6.45, 7) is 3.64. The highest BCUT2D eigenvalue weighted by molar-refractivity contribution is 9.10. The largest absolute Gasteiger partial charge is 0.369 e. The van der Waals surface area contributed by atoms with Gasteiger partial charge in [0.05, 0.1) is 5.56 Å². The van der Waals surface area contributed by atoms with Crippen LogP contribution in [0.3, 0.4) is 0 Å². The first-order chi connectivity index (χ1) is 9.70. The molecule has 0 radical (unpaired) electrons. The quantitative estimate of drug-likeness (QED) is 0.819. The molecule has 2 N–H and O–H groups in total. The van der Waals surface area contributed by atoms with Crippen LogP contribution in [-0.2, 0) is 0 Å². The molecule has 2 heterocycles. The summed E-state index contributed by atoms with van der Waals surface area (Å²) in [5.74, 6) is 1.82. The monoisotopic (exact) mass is 357 g/mol. The fraction of sp³-hybridized carbons (Fsp3) is 0.571. The van der Waals surface area contributed by atoms with E-state index in [0.29, 0.717) is 16.6 Å². The fourth-order valence-corrected chi connectivity index (χ4v) is 3.64. The molecule has 20 heavy (non-hydrogen) atoms. The van der Waals surface area contributed by atoms with Crippen LogP contribution in [0.25, 0.3) is 0 Å². The third-order valence-corrected chi connectivity index (χ3v) is 4.99. The van der Waals surface area contributed by atoms with Crippen LogP contribution in [0.2, 0.25) is 0 Å². The molecular weight excluding hydrogens is 338 g/mol. The first-order valence-electron chi connectivity index (χ1n) is 7.00. The summed E-state index contributed by atoms with van der Waals surface area (Å²) in [6.07, 6.45) is 5.16. The second kappa shape index (κ2) is 7.88. The van der Waals surface area contributed by atoms with Crippen LogP contribution >= 0.6 is 27.7 Å². The number of nitrogens with zero attached hydrogens (tertiary/aromatic N) is 1. The van der Waals surface area contributed by atoms with Crippen molar-refractivity contribution in [3.05, 3.63) is 22.3 Å². The average Bonchev–Trinajstić information content (AvgIpc) is 2.96. The highest BCUT2D eigenvalue weighted by Gasteiger charge is 2.18. The molecular formula is C14H20BrN3OS. The molecule has 1 aliphatic heterocycles. The van der Waals surface area contributed by atoms with Gasteiger partial charge in [0, 0.05) is 29.0 Å². The lowest BCUT2D eigenvalue weighted by molar-refractivity contribution is 0.0954. The number of nitrogens with one attached hydrogen (secondary N) is 2. The van der Waals surface area contributed by atoms with Crippen LogP contribution in [-0.4, -0.2) is 35.0 Å². The Balaban J connectivity index is 2.00. The molecule has 0 aliphatic carbocycles. The van der Waals surface area contributed by atoms with Gasteiger partial charge < -0.3 is 10.6 Å². The number of hydrogen-bond acceptors (Lipinski definition) is 4. The number of carbonyl (C=O) groups is 1. The number of aromatic nitrogens is 1. The van der Waals surface area contributed by atoms with Gasteiger partial charge in [-0.3, -0.25) is 4.79 Å². The number of carbonyl (C=O) groups excluding carboxylic acids is 1. The standard InChI is InChI=1S/C14H20BrN3OS/c1-2-5-16-13-12(7-10(15)8-17-13)14(19)18-9-11-4-3-6-20-11/h7-8,11H,2-6,9H2,1H3,(H,16,17)(H,18,19). The zero-order valence-corrected chi connectivity index (χ0v) is 14.0. The number of halogens is 1. The van der Waals surface area contributed by atoms with Gasteiger partial charge in [-0.15, -0.1) is 0 Å². The van der Waals surface area contributed by atoms with E-state index in [0.717, 1.165) is 24.0 Å². The van der Waals surface area contributed by atoms with Gasteiger partial charge in [0.25, 0.3) is 5.91 Å². The Morgan fingerprint density at radius 1 is 1.60 bits per heavy atom. The summed E-state index contributed by atoms with van der Waals surface area (Å²) < 4.78 is 0.819. The topological polar surface area (TPSA) is 54.0 Å². The molecule has 1 unspecified atom stereocenters. The van der Waals surface area contributed by atoms with Crippen molar-refractivity contribution in [1.29, 1.82) is 0 Å². The van der Waals surface area contributed by atoms with Crippen molar-refractivity contribution in [3.8, 4) is 0 Å². The molecule has 1 aromatic heterocycles. The van der Waals surface area contributed by atoms with Crippen molar-refractivity contribution in [1.82, 2.24) is 10.3 Å². The Morgan fingerprint density at radius 2 is 2.45 bits per heavy atom. The van der Waals surface area contributed by atoms with E-state index < -0.39 is 0 Å². The molecule has 0 spiro atoms. The van der Waals surface area contributed by atoms with Gasteiger partial charge in [0.1, 0.15) is 5.82 Å². The normalized spacial score (nSPS) is 18.0. The van der Waals surface area contributed by atoms with E-state index in [4.69, 9.17) is 0 Å². The predicted octanol–water partition coefficient (Wildman–Crippen LogP) is 3.29. The van der Waals surface area contributed by atoms with Gasteiger partial charge in [0.2, 0.25) is 0 Å². The zero-order chi connectivity index (χ0) is 14.4. The van der Waals surface area contributed by atoms with Crippen molar-refractivity contribution in [2.75, 3.05) is 24.2 Å². The number of thioether (sulfide) groups is 1. The molecule has 1 aliphatic rings. The van der Waals surface area contributed by atoms with Crippen LogP contribution in [0.15, 0.2) is 16.7 Å². The van der Waals surface area contributed by atoms with E-state index in [9.17, 15) is 4.79 Å². The smallest absolute Gasteiger partial charge is 0.255 e. The molecule has 4 nitrogen and oxygen atoms in total. The summed E-state index contributed by atoms with van der Waals surface area (Å²) in [5, 5.41) is 6.79. The lowest BCUT2D eigenvalue weighted by Gasteiger charge is -2.13. The summed E-state index contributed by atoms with van der Waals surface area (Å²) >= 11 is 5.32. The van der Waals surface area contributed by atoms with Gasteiger partial charge in [0.15, 0.2) is 0 Å². The molecule has 1 fully saturated rings. The summed E-state index contributed by atoms with van der Waals surface area (Å²) in [5.41, 5.74) is 0.607.